The van der Waals surface area contributed by atoms with Gasteiger partial charge in [-0.15, -0.1) is 0 Å². The molecule has 3 aromatic rings. The molecule has 0 bridgehead atoms. The lowest BCUT2D eigenvalue weighted by atomic mass is 9.98. The van der Waals surface area contributed by atoms with Gasteiger partial charge in [0.1, 0.15) is 5.75 Å². The van der Waals surface area contributed by atoms with E-state index >= 15 is 0 Å². The maximum atomic E-state index is 6.16. The first-order chi connectivity index (χ1) is 16.1. The van der Waals surface area contributed by atoms with E-state index in [1.54, 1.807) is 0 Å². The molecule has 6 heteroatoms. The van der Waals surface area contributed by atoms with Gasteiger partial charge in [0, 0.05) is 18.7 Å². The fraction of sp³-hybridized carbons (Fsp3) is 0.519. The van der Waals surface area contributed by atoms with Gasteiger partial charge < -0.3 is 25.3 Å². The van der Waals surface area contributed by atoms with Gasteiger partial charge in [-0.05, 0) is 89.3 Å². The van der Waals surface area contributed by atoms with Gasteiger partial charge in [-0.2, -0.15) is 0 Å². The van der Waals surface area contributed by atoms with Gasteiger partial charge >= 0.3 is 0 Å². The summed E-state index contributed by atoms with van der Waals surface area (Å²) >= 11 is 0. The molecule has 0 amide bonds. The highest BCUT2D eigenvalue weighted by molar-refractivity contribution is 5.79. The Morgan fingerprint density at radius 3 is 2.79 bits per heavy atom. The molecular weight excluding hydrogens is 410 g/mol. The summed E-state index contributed by atoms with van der Waals surface area (Å²) in [5, 5.41) is 3.74. The highest BCUT2D eigenvalue weighted by Crippen LogP contribution is 2.28. The van der Waals surface area contributed by atoms with Gasteiger partial charge in [-0.3, -0.25) is 0 Å². The summed E-state index contributed by atoms with van der Waals surface area (Å²) in [5.41, 5.74) is 9.61. The monoisotopic (exact) mass is 449 g/mol. The number of nitrogens with zero attached hydrogens (tertiary/aromatic N) is 3. The summed E-state index contributed by atoms with van der Waals surface area (Å²) in [4.78, 5) is 6.69. The highest BCUT2D eigenvalue weighted by Gasteiger charge is 2.24. The smallest absolute Gasteiger partial charge is 0.201 e. The number of benzene rings is 2. The van der Waals surface area contributed by atoms with Crippen LogP contribution in [0.25, 0.3) is 11.0 Å². The molecule has 2 aromatic carbocycles. The van der Waals surface area contributed by atoms with Gasteiger partial charge in [0.05, 0.1) is 17.6 Å². The second-order valence-corrected chi connectivity index (χ2v) is 9.65. The average molecular weight is 450 g/mol. The maximum absolute atomic E-state index is 6.16. The van der Waals surface area contributed by atoms with Crippen molar-refractivity contribution in [2.24, 2.45) is 5.92 Å². The van der Waals surface area contributed by atoms with E-state index in [0.717, 1.165) is 55.2 Å². The number of nitrogens with one attached hydrogen (secondary N) is 1. The fourth-order valence-corrected chi connectivity index (χ4v) is 4.95. The topological polar surface area (TPSA) is 68.3 Å². The van der Waals surface area contributed by atoms with Crippen LogP contribution in [0, 0.1) is 5.92 Å². The molecule has 1 saturated carbocycles. The number of imidazole rings is 1. The van der Waals surface area contributed by atoms with Gasteiger partial charge in [0.2, 0.25) is 5.95 Å². The van der Waals surface area contributed by atoms with Crippen molar-refractivity contribution in [3.63, 3.8) is 0 Å². The molecule has 178 valence electrons. The molecule has 6 nitrogen and oxygen atoms in total. The second kappa shape index (κ2) is 11.5. The van der Waals surface area contributed by atoms with Crippen LogP contribution >= 0.6 is 0 Å². The minimum absolute atomic E-state index is 0.576. The van der Waals surface area contributed by atoms with Crippen molar-refractivity contribution in [2.45, 2.75) is 51.1 Å². The van der Waals surface area contributed by atoms with E-state index in [-0.39, 0.29) is 0 Å². The van der Waals surface area contributed by atoms with Crippen LogP contribution < -0.4 is 15.8 Å². The number of anilines is 1. The van der Waals surface area contributed by atoms with E-state index < -0.39 is 0 Å². The Labute approximate surface area is 198 Å². The largest absolute Gasteiger partial charge is 0.493 e. The molecule has 1 aliphatic carbocycles. The first-order valence-electron chi connectivity index (χ1n) is 12.4. The standard InChI is InChI=1S/C27H39N5O/c1-31(2)15-7-16-32-26-20-24(12-13-25(26)30-27(32)28)33-17-6-14-29-23-11-10-22(19-23)18-21-8-4-3-5-9-21/h3-5,8-9,12-13,20,22-23,29H,6-7,10-11,14-19H2,1-2H3,(H2,28,30)/t22?,23-/m1/s1. The van der Waals surface area contributed by atoms with E-state index in [1.807, 2.05) is 12.1 Å². The molecule has 1 unspecified atom stereocenters. The Kier molecular flexibility index (Phi) is 8.24. The zero-order valence-electron chi connectivity index (χ0n) is 20.2. The number of aryl methyl sites for hydroxylation is 1. The van der Waals surface area contributed by atoms with Gasteiger partial charge in [-0.25, -0.2) is 4.98 Å². The van der Waals surface area contributed by atoms with E-state index in [1.165, 1.54) is 31.2 Å². The van der Waals surface area contributed by atoms with Crippen molar-refractivity contribution in [1.82, 2.24) is 19.8 Å². The van der Waals surface area contributed by atoms with Crippen LogP contribution in [0.15, 0.2) is 48.5 Å². The van der Waals surface area contributed by atoms with Gasteiger partial charge in [0.15, 0.2) is 0 Å². The molecule has 1 heterocycles. The Balaban J connectivity index is 1.19. The second-order valence-electron chi connectivity index (χ2n) is 9.65. The fourth-order valence-electron chi connectivity index (χ4n) is 4.95. The number of hydrogen-bond donors (Lipinski definition) is 2. The maximum Gasteiger partial charge on any atom is 0.201 e. The molecule has 0 spiro atoms. The van der Waals surface area contributed by atoms with E-state index in [0.29, 0.717) is 18.6 Å². The molecule has 33 heavy (non-hydrogen) atoms. The minimum atomic E-state index is 0.576. The third kappa shape index (κ3) is 6.71. The zero-order chi connectivity index (χ0) is 23.0. The Bertz CT molecular complexity index is 1000. The van der Waals surface area contributed by atoms with Crippen LogP contribution in [0.1, 0.15) is 37.7 Å². The van der Waals surface area contributed by atoms with Gasteiger partial charge in [0.25, 0.3) is 0 Å². The van der Waals surface area contributed by atoms with Crippen molar-refractivity contribution >= 4 is 17.0 Å². The Hall–Kier alpha value is -2.57. The zero-order valence-corrected chi connectivity index (χ0v) is 20.2. The van der Waals surface area contributed by atoms with E-state index in [9.17, 15) is 0 Å². The van der Waals surface area contributed by atoms with Crippen molar-refractivity contribution < 1.29 is 4.74 Å². The summed E-state index contributed by atoms with van der Waals surface area (Å²) in [5.74, 6) is 2.27. The Morgan fingerprint density at radius 1 is 1.12 bits per heavy atom. The lowest BCUT2D eigenvalue weighted by Crippen LogP contribution is -2.28. The number of nitrogen functional groups attached to an aromatic ring is 1. The van der Waals surface area contributed by atoms with Crippen molar-refractivity contribution in [3.8, 4) is 5.75 Å². The summed E-state index contributed by atoms with van der Waals surface area (Å²) in [7, 11) is 4.18. The average Bonchev–Trinajstić information content (AvgIpc) is 3.37. The van der Waals surface area contributed by atoms with Crippen LogP contribution in [0.2, 0.25) is 0 Å². The van der Waals surface area contributed by atoms with Crippen molar-refractivity contribution in [1.29, 1.82) is 0 Å². The lowest BCUT2D eigenvalue weighted by Gasteiger charge is -2.14. The first-order valence-corrected chi connectivity index (χ1v) is 12.4. The van der Waals surface area contributed by atoms with Crippen LogP contribution in [-0.2, 0) is 13.0 Å². The lowest BCUT2D eigenvalue weighted by molar-refractivity contribution is 0.304. The van der Waals surface area contributed by atoms with Crippen LogP contribution in [0.3, 0.4) is 0 Å². The first kappa shape index (κ1) is 23.6. The van der Waals surface area contributed by atoms with Crippen molar-refractivity contribution in [3.05, 3.63) is 54.1 Å². The van der Waals surface area contributed by atoms with Gasteiger partial charge in [-0.1, -0.05) is 30.3 Å². The van der Waals surface area contributed by atoms with E-state index in [4.69, 9.17) is 10.5 Å². The Morgan fingerprint density at radius 2 is 1.97 bits per heavy atom. The normalized spacial score (nSPS) is 18.4. The molecule has 2 atom stereocenters. The number of rotatable bonds is 12. The number of nitrogens with two attached hydrogens (primary N) is 1. The summed E-state index contributed by atoms with van der Waals surface area (Å²) in [6.07, 6.45) is 7.14. The highest BCUT2D eigenvalue weighted by atomic mass is 16.5. The molecule has 0 saturated heterocycles. The number of ether oxygens (including phenoxy) is 1. The summed E-state index contributed by atoms with van der Waals surface area (Å²) in [6.45, 7) is 3.60. The molecule has 1 aliphatic rings. The molecule has 0 radical (unpaired) electrons. The van der Waals surface area contributed by atoms with Crippen molar-refractivity contribution in [2.75, 3.05) is 39.5 Å². The SMILES string of the molecule is CN(C)CCCn1c(N)nc2ccc(OCCCN[C@@H]3CCC(Cc4ccccc4)C3)cc21. The molecule has 4 rings (SSSR count). The quantitative estimate of drug-likeness (QED) is 0.403. The number of hydrogen-bond acceptors (Lipinski definition) is 5. The minimum Gasteiger partial charge on any atom is -0.493 e. The molecule has 0 aliphatic heterocycles. The molecule has 1 fully saturated rings. The predicted octanol–water partition coefficient (Wildman–Crippen LogP) is 4.34. The number of fused-ring (bicyclic) bond motifs is 1. The number of aromatic nitrogens is 2. The molecule has 1 aromatic heterocycles. The molecular formula is C27H39N5O. The summed E-state index contributed by atoms with van der Waals surface area (Å²) < 4.78 is 8.15. The van der Waals surface area contributed by atoms with E-state index in [2.05, 4.69) is 70.3 Å². The van der Waals surface area contributed by atoms with Crippen LogP contribution in [-0.4, -0.2) is 54.3 Å². The third-order valence-corrected chi connectivity index (χ3v) is 6.67. The van der Waals surface area contributed by atoms with Crippen LogP contribution in [0.5, 0.6) is 5.75 Å². The molecule has 3 N–H and O–H groups in total. The third-order valence-electron chi connectivity index (χ3n) is 6.67. The van der Waals surface area contributed by atoms with Crippen LogP contribution in [0.4, 0.5) is 5.95 Å². The summed E-state index contributed by atoms with van der Waals surface area (Å²) in [6, 6.07) is 17.6. The predicted molar refractivity (Wildman–Crippen MR) is 137 cm³/mol.